The van der Waals surface area contributed by atoms with Gasteiger partial charge in [-0.1, -0.05) is 96.5 Å². The van der Waals surface area contributed by atoms with Gasteiger partial charge in [-0.2, -0.15) is 13.2 Å². The van der Waals surface area contributed by atoms with Gasteiger partial charge in [-0.15, -0.1) is 11.3 Å². The molecular formula is C50H41ClF3N7O3S. The maximum atomic E-state index is 15.3. The molecule has 4 heterocycles. The number of halogens is 4. The van der Waals surface area contributed by atoms with Crippen molar-refractivity contribution in [2.24, 2.45) is 9.98 Å². The van der Waals surface area contributed by atoms with E-state index in [1.807, 2.05) is 119 Å². The molecule has 5 aromatic carbocycles. The molecule has 1 N–H and O–H groups in total. The minimum Gasteiger partial charge on any atom is -0.497 e. The van der Waals surface area contributed by atoms with Gasteiger partial charge < -0.3 is 29.3 Å². The molecule has 15 heteroatoms. The molecule has 0 amide bonds. The molecule has 0 bridgehead atoms. The average molecular weight is 912 g/mol. The second-order valence-electron chi connectivity index (χ2n) is 15.2. The third-order valence-electron chi connectivity index (χ3n) is 11.0. The number of hydrogen-bond acceptors (Lipinski definition) is 11. The molecule has 10 nitrogen and oxygen atoms in total. The molecule has 328 valence electrons. The molecule has 0 saturated heterocycles. The van der Waals surface area contributed by atoms with Crippen molar-refractivity contribution in [2.75, 3.05) is 31.1 Å². The van der Waals surface area contributed by atoms with E-state index < -0.39 is 11.7 Å². The van der Waals surface area contributed by atoms with E-state index in [9.17, 15) is 0 Å². The number of aliphatic imine (C=N–C) groups is 2. The Morgan fingerprint density at radius 1 is 0.877 bits per heavy atom. The standard InChI is InChI=1S/C50H41ClF3N7O3S/c1-31-24-41(61(26-32-14-18-36(62-2)19-15-32)27-33-16-20-37(63-3)21-17-33)58-46(43(31)50(52,53)54)38-25-39-42-47(44(38)51)55-29-56-49(42)60(22-23-64-39)28-40-48(57-30-65-40)59-45(34-10-6-4-7-11-34)35-12-8-5-9-13-35/h4-25,30,55H,26-29H2,1-3H3. The molecule has 0 fully saturated rings. The molecule has 2 aliphatic heterocycles. The normalized spacial score (nSPS) is 12.9. The van der Waals surface area contributed by atoms with Crippen molar-refractivity contribution >= 4 is 51.8 Å². The number of anilines is 2. The second-order valence-corrected chi connectivity index (χ2v) is 16.5. The van der Waals surface area contributed by atoms with E-state index in [0.29, 0.717) is 59.9 Å². The minimum atomic E-state index is -4.78. The van der Waals surface area contributed by atoms with Gasteiger partial charge >= 0.3 is 6.18 Å². The molecule has 9 rings (SSSR count). The van der Waals surface area contributed by atoms with Crippen LogP contribution in [-0.4, -0.2) is 47.3 Å². The third kappa shape index (κ3) is 9.13. The summed E-state index contributed by atoms with van der Waals surface area (Å²) >= 11 is 8.72. The van der Waals surface area contributed by atoms with Crippen molar-refractivity contribution in [2.45, 2.75) is 32.7 Å². The number of nitrogens with zero attached hydrogens (tertiary/aromatic N) is 6. The van der Waals surface area contributed by atoms with Crippen LogP contribution in [0, 0.1) is 6.92 Å². The van der Waals surface area contributed by atoms with E-state index in [2.05, 4.69) is 10.3 Å². The van der Waals surface area contributed by atoms with E-state index in [1.165, 1.54) is 36.7 Å². The van der Waals surface area contributed by atoms with Crippen LogP contribution in [0.15, 0.2) is 149 Å². The van der Waals surface area contributed by atoms with Gasteiger partial charge in [0.15, 0.2) is 5.82 Å². The summed E-state index contributed by atoms with van der Waals surface area (Å²) in [5, 5.41) is 3.28. The summed E-state index contributed by atoms with van der Waals surface area (Å²) in [5.74, 6) is 3.02. The zero-order chi connectivity index (χ0) is 45.1. The number of hydrogen-bond donors (Lipinski definition) is 1. The van der Waals surface area contributed by atoms with Crippen molar-refractivity contribution in [1.29, 1.82) is 0 Å². The van der Waals surface area contributed by atoms with Gasteiger partial charge in [0.25, 0.3) is 0 Å². The minimum absolute atomic E-state index is 0.0143. The Balaban J connectivity index is 1.10. The van der Waals surface area contributed by atoms with Gasteiger partial charge in [0.1, 0.15) is 41.8 Å². The molecule has 0 saturated carbocycles. The first-order chi connectivity index (χ1) is 31.6. The Bertz CT molecular complexity index is 2840. The molecule has 2 aromatic heterocycles. The van der Waals surface area contributed by atoms with Gasteiger partial charge in [-0.05, 0) is 60.0 Å². The highest BCUT2D eigenvalue weighted by Gasteiger charge is 2.39. The highest BCUT2D eigenvalue weighted by atomic mass is 35.5. The number of amidine groups is 1. The molecule has 0 unspecified atom stereocenters. The second kappa shape index (κ2) is 18.5. The number of aromatic nitrogens is 2. The van der Waals surface area contributed by atoms with E-state index >= 15 is 13.2 Å². The third-order valence-corrected chi connectivity index (χ3v) is 12.2. The highest BCUT2D eigenvalue weighted by Crippen LogP contribution is 2.48. The maximum absolute atomic E-state index is 15.3. The summed E-state index contributed by atoms with van der Waals surface area (Å²) in [6, 6.07) is 37.9. The fraction of sp³-hybridized carbons (Fsp3) is 0.160. The Hall–Kier alpha value is -7.16. The van der Waals surface area contributed by atoms with Crippen molar-refractivity contribution in [3.63, 3.8) is 0 Å². The summed E-state index contributed by atoms with van der Waals surface area (Å²) in [6.07, 6.45) is -1.55. The predicted molar refractivity (Wildman–Crippen MR) is 251 cm³/mol. The van der Waals surface area contributed by atoms with Gasteiger partial charge in [0.2, 0.25) is 0 Å². The van der Waals surface area contributed by atoms with Crippen LogP contribution in [0.5, 0.6) is 17.2 Å². The number of benzene rings is 5. The van der Waals surface area contributed by atoms with Gasteiger partial charge in [0.05, 0.1) is 64.4 Å². The van der Waals surface area contributed by atoms with Crippen molar-refractivity contribution in [3.8, 4) is 28.5 Å². The lowest BCUT2D eigenvalue weighted by Gasteiger charge is -2.29. The number of aryl methyl sites for hydroxylation is 1. The largest absolute Gasteiger partial charge is 0.497 e. The quantitative estimate of drug-likeness (QED) is 0.114. The smallest absolute Gasteiger partial charge is 0.418 e. The van der Waals surface area contributed by atoms with Crippen LogP contribution in [0.25, 0.3) is 11.3 Å². The van der Waals surface area contributed by atoms with E-state index in [-0.39, 0.29) is 34.3 Å². The molecule has 65 heavy (non-hydrogen) atoms. The fourth-order valence-corrected chi connectivity index (χ4v) is 8.88. The van der Waals surface area contributed by atoms with Crippen molar-refractivity contribution in [3.05, 3.63) is 188 Å². The van der Waals surface area contributed by atoms with Gasteiger partial charge in [-0.3, -0.25) is 0 Å². The van der Waals surface area contributed by atoms with Crippen molar-refractivity contribution < 1.29 is 27.4 Å². The molecule has 0 atom stereocenters. The molecule has 0 aliphatic carbocycles. The Morgan fingerprint density at radius 2 is 1.49 bits per heavy atom. The average Bonchev–Trinajstić information content (AvgIpc) is 3.69. The van der Waals surface area contributed by atoms with Crippen molar-refractivity contribution in [1.82, 2.24) is 14.9 Å². The molecule has 0 spiro atoms. The highest BCUT2D eigenvalue weighted by molar-refractivity contribution is 7.10. The summed E-state index contributed by atoms with van der Waals surface area (Å²) in [5.41, 5.74) is 5.90. The number of nitrogens with one attached hydrogen (secondary N) is 1. The van der Waals surface area contributed by atoms with Crippen LogP contribution in [0.4, 0.5) is 30.5 Å². The maximum Gasteiger partial charge on any atom is 0.418 e. The molecule has 7 aromatic rings. The number of ether oxygens (including phenoxy) is 3. The number of pyridine rings is 1. The SMILES string of the molecule is COc1ccc(CN(Cc2ccc(OC)cc2)c2cc(C)c(C(F)(F)F)c(-c3cc4c5c(c3Cl)NCN=C5N(Cc3scnc3N=C(c3ccccc3)c3ccccc3)C=CO4)n2)cc1. The summed E-state index contributed by atoms with van der Waals surface area (Å²) in [4.78, 5) is 24.1. The summed E-state index contributed by atoms with van der Waals surface area (Å²) in [7, 11) is 3.18. The first-order valence-electron chi connectivity index (χ1n) is 20.5. The van der Waals surface area contributed by atoms with Gasteiger partial charge in [0, 0.05) is 36.0 Å². The number of alkyl halides is 3. The molecular weight excluding hydrogens is 871 g/mol. The Labute approximate surface area is 383 Å². The van der Waals surface area contributed by atoms with E-state index in [4.69, 9.17) is 40.8 Å². The zero-order valence-corrected chi connectivity index (χ0v) is 37.0. The van der Waals surface area contributed by atoms with E-state index in [0.717, 1.165) is 32.8 Å². The first-order valence-corrected chi connectivity index (χ1v) is 21.8. The lowest BCUT2D eigenvalue weighted by molar-refractivity contribution is -0.137. The van der Waals surface area contributed by atoms with Crippen LogP contribution in [0.1, 0.15) is 43.8 Å². The van der Waals surface area contributed by atoms with Crippen LogP contribution >= 0.6 is 22.9 Å². The topological polar surface area (TPSA) is 96.7 Å². The number of thiazole rings is 1. The monoisotopic (exact) mass is 911 g/mol. The van der Waals surface area contributed by atoms with Crippen LogP contribution < -0.4 is 24.4 Å². The lowest BCUT2D eigenvalue weighted by atomic mass is 9.97. The van der Waals surface area contributed by atoms with E-state index in [1.54, 1.807) is 25.9 Å². The summed E-state index contributed by atoms with van der Waals surface area (Å²) < 4.78 is 62.8. The Kier molecular flexibility index (Phi) is 12.3. The Morgan fingerprint density at radius 3 is 2.08 bits per heavy atom. The van der Waals surface area contributed by atoms with Crippen LogP contribution in [0.3, 0.4) is 0 Å². The first kappa shape index (κ1) is 43.1. The van der Waals surface area contributed by atoms with Gasteiger partial charge in [-0.25, -0.2) is 20.0 Å². The van der Waals surface area contributed by atoms with Crippen LogP contribution in [0.2, 0.25) is 5.02 Å². The fourth-order valence-electron chi connectivity index (χ4n) is 7.87. The van der Waals surface area contributed by atoms with Crippen LogP contribution in [-0.2, 0) is 25.8 Å². The molecule has 0 radical (unpaired) electrons. The zero-order valence-electron chi connectivity index (χ0n) is 35.4. The number of methoxy groups -OCH3 is 2. The lowest BCUT2D eigenvalue weighted by Crippen LogP contribution is -2.30. The number of rotatable bonds is 13. The predicted octanol–water partition coefficient (Wildman–Crippen LogP) is 12.1. The molecule has 2 aliphatic rings. The summed E-state index contributed by atoms with van der Waals surface area (Å²) in [6.45, 7) is 2.52.